The highest BCUT2D eigenvalue weighted by molar-refractivity contribution is 5.78. The van der Waals surface area contributed by atoms with E-state index in [1.807, 2.05) is 42.6 Å². The van der Waals surface area contributed by atoms with Crippen molar-refractivity contribution in [3.05, 3.63) is 83.9 Å². The molecular weight excluding hydrogens is 421 g/mol. The number of para-hydroxylation sites is 1. The van der Waals surface area contributed by atoms with Gasteiger partial charge in [-0.25, -0.2) is 4.39 Å². The van der Waals surface area contributed by atoms with Crippen LogP contribution in [0.1, 0.15) is 43.9 Å². The van der Waals surface area contributed by atoms with Crippen molar-refractivity contribution in [3.63, 3.8) is 0 Å². The molecule has 2 N–H and O–H groups in total. The summed E-state index contributed by atoms with van der Waals surface area (Å²) >= 11 is 0. The van der Waals surface area contributed by atoms with E-state index in [1.165, 1.54) is 19.2 Å². The maximum atomic E-state index is 13.6. The number of hydrogen-bond donors (Lipinski definition) is 2. The number of rotatable bonds is 9. The fourth-order valence-electron chi connectivity index (χ4n) is 3.89. The van der Waals surface area contributed by atoms with Crippen LogP contribution in [0.5, 0.6) is 0 Å². The van der Waals surface area contributed by atoms with Gasteiger partial charge in [0.15, 0.2) is 0 Å². The lowest BCUT2D eigenvalue weighted by molar-refractivity contribution is -0.143. The van der Waals surface area contributed by atoms with Gasteiger partial charge >= 0.3 is 5.97 Å². The van der Waals surface area contributed by atoms with Crippen LogP contribution < -0.4 is 0 Å². The fourth-order valence-corrected chi connectivity index (χ4v) is 3.89. The Hall–Kier alpha value is -3.22. The molecule has 0 amide bonds. The van der Waals surface area contributed by atoms with Crippen LogP contribution in [-0.4, -0.2) is 40.1 Å². The number of nitrogens with zero attached hydrogens (tertiary/aromatic N) is 1. The molecule has 1 heterocycles. The quantitative estimate of drug-likeness (QED) is 0.444. The largest absolute Gasteiger partial charge is 0.469 e. The van der Waals surface area contributed by atoms with E-state index >= 15 is 0 Å². The molecule has 0 aliphatic carbocycles. The van der Waals surface area contributed by atoms with Crippen LogP contribution in [0.15, 0.2) is 66.9 Å². The van der Waals surface area contributed by atoms with Crippen LogP contribution in [-0.2, 0) is 9.53 Å². The summed E-state index contributed by atoms with van der Waals surface area (Å²) in [5.74, 6) is -0.683. The Morgan fingerprint density at radius 2 is 1.76 bits per heavy atom. The lowest BCUT2D eigenvalue weighted by Gasteiger charge is -2.15. The molecule has 2 aromatic carbocycles. The smallest absolute Gasteiger partial charge is 0.308 e. The molecule has 174 valence electrons. The van der Waals surface area contributed by atoms with Crippen LogP contribution in [0.4, 0.5) is 4.39 Å². The third kappa shape index (κ3) is 6.18. The molecule has 2 atom stereocenters. The first-order valence-electron chi connectivity index (χ1n) is 11.0. The SMILES string of the molecule is COC(=O)CC(O)CC(O)/C=C/c1c(-c2ccc(F)cc2)cn(-c2ccccc2)c1C(C)C. The summed E-state index contributed by atoms with van der Waals surface area (Å²) in [6.45, 7) is 4.19. The van der Waals surface area contributed by atoms with Crippen LogP contribution in [0.2, 0.25) is 0 Å². The van der Waals surface area contributed by atoms with E-state index in [0.29, 0.717) is 0 Å². The first-order chi connectivity index (χ1) is 15.8. The number of hydrogen-bond acceptors (Lipinski definition) is 4. The van der Waals surface area contributed by atoms with Gasteiger partial charge in [0.1, 0.15) is 5.82 Å². The Labute approximate surface area is 193 Å². The van der Waals surface area contributed by atoms with Crippen molar-refractivity contribution in [1.82, 2.24) is 4.57 Å². The molecule has 2 unspecified atom stereocenters. The Bertz CT molecular complexity index is 1090. The average Bonchev–Trinajstić information content (AvgIpc) is 3.18. The average molecular weight is 452 g/mol. The zero-order chi connectivity index (χ0) is 24.0. The van der Waals surface area contributed by atoms with E-state index < -0.39 is 18.2 Å². The van der Waals surface area contributed by atoms with E-state index in [4.69, 9.17) is 0 Å². The number of benzene rings is 2. The predicted molar refractivity (Wildman–Crippen MR) is 128 cm³/mol. The molecule has 0 fully saturated rings. The number of carbonyl (C=O) groups is 1. The highest BCUT2D eigenvalue weighted by Gasteiger charge is 2.20. The van der Waals surface area contributed by atoms with Gasteiger partial charge < -0.3 is 19.5 Å². The standard InChI is InChI=1S/C27H30FNO4/c1-18(2)27-24(14-13-22(30)15-23(31)16-26(32)33-3)25(19-9-11-20(28)12-10-19)17-29(27)21-7-5-4-6-8-21/h4-14,17-18,22-23,30-31H,15-16H2,1-3H3/b14-13+. The predicted octanol–water partition coefficient (Wildman–Crippen LogP) is 5.10. The van der Waals surface area contributed by atoms with Crippen LogP contribution in [0.25, 0.3) is 22.9 Å². The van der Waals surface area contributed by atoms with Crippen LogP contribution in [0, 0.1) is 5.82 Å². The number of ether oxygens (including phenoxy) is 1. The maximum absolute atomic E-state index is 13.6. The van der Waals surface area contributed by atoms with E-state index in [-0.39, 0.29) is 24.6 Å². The molecule has 0 radical (unpaired) electrons. The van der Waals surface area contributed by atoms with Crippen molar-refractivity contribution >= 4 is 12.0 Å². The molecule has 0 aliphatic heterocycles. The Morgan fingerprint density at radius 3 is 2.36 bits per heavy atom. The summed E-state index contributed by atoms with van der Waals surface area (Å²) in [4.78, 5) is 11.4. The van der Waals surface area contributed by atoms with Crippen molar-refractivity contribution in [3.8, 4) is 16.8 Å². The topological polar surface area (TPSA) is 71.7 Å². The molecule has 6 heteroatoms. The monoisotopic (exact) mass is 451 g/mol. The summed E-state index contributed by atoms with van der Waals surface area (Å²) in [7, 11) is 1.26. The Balaban J connectivity index is 2.02. The molecule has 5 nitrogen and oxygen atoms in total. The summed E-state index contributed by atoms with van der Waals surface area (Å²) in [6.07, 6.45) is 3.35. The third-order valence-corrected chi connectivity index (χ3v) is 5.45. The van der Waals surface area contributed by atoms with Gasteiger partial charge in [-0.1, -0.05) is 56.3 Å². The number of esters is 1. The van der Waals surface area contributed by atoms with E-state index in [9.17, 15) is 19.4 Å². The lowest BCUT2D eigenvalue weighted by Crippen LogP contribution is -2.20. The van der Waals surface area contributed by atoms with Crippen molar-refractivity contribution in [2.75, 3.05) is 7.11 Å². The fraction of sp³-hybridized carbons (Fsp3) is 0.296. The van der Waals surface area contributed by atoms with Gasteiger partial charge in [-0.3, -0.25) is 4.79 Å². The number of aliphatic hydroxyl groups excluding tert-OH is 2. The van der Waals surface area contributed by atoms with Gasteiger partial charge in [-0.2, -0.15) is 0 Å². The zero-order valence-electron chi connectivity index (χ0n) is 19.1. The van der Waals surface area contributed by atoms with Gasteiger partial charge in [0.2, 0.25) is 0 Å². The third-order valence-electron chi connectivity index (χ3n) is 5.45. The van der Waals surface area contributed by atoms with Gasteiger partial charge in [0, 0.05) is 35.1 Å². The minimum atomic E-state index is -1.01. The summed E-state index contributed by atoms with van der Waals surface area (Å²) < 4.78 is 20.2. The number of aromatic nitrogens is 1. The Morgan fingerprint density at radius 1 is 1.09 bits per heavy atom. The second-order valence-corrected chi connectivity index (χ2v) is 8.31. The highest BCUT2D eigenvalue weighted by atomic mass is 19.1. The number of methoxy groups -OCH3 is 1. The van der Waals surface area contributed by atoms with Gasteiger partial charge in [-0.15, -0.1) is 0 Å². The van der Waals surface area contributed by atoms with E-state index in [2.05, 4.69) is 23.2 Å². The first-order valence-corrected chi connectivity index (χ1v) is 11.0. The molecule has 0 bridgehead atoms. The molecule has 0 aliphatic rings. The van der Waals surface area contributed by atoms with Gasteiger partial charge in [-0.05, 0) is 35.7 Å². The summed E-state index contributed by atoms with van der Waals surface area (Å²) in [5, 5.41) is 20.5. The molecule has 1 aromatic heterocycles. The van der Waals surface area contributed by atoms with Crippen LogP contribution in [0.3, 0.4) is 0 Å². The van der Waals surface area contributed by atoms with Gasteiger partial charge in [0.25, 0.3) is 0 Å². The lowest BCUT2D eigenvalue weighted by atomic mass is 9.97. The molecule has 3 rings (SSSR count). The Kier molecular flexibility index (Phi) is 8.20. The van der Waals surface area contributed by atoms with Crippen LogP contribution >= 0.6 is 0 Å². The minimum absolute atomic E-state index is 0.00782. The normalized spacial score (nSPS) is 13.4. The summed E-state index contributed by atoms with van der Waals surface area (Å²) in [5.41, 5.74) is 4.70. The molecular formula is C27H30FNO4. The maximum Gasteiger partial charge on any atom is 0.308 e. The molecule has 33 heavy (non-hydrogen) atoms. The second-order valence-electron chi connectivity index (χ2n) is 8.31. The number of halogens is 1. The molecule has 3 aromatic rings. The second kappa shape index (κ2) is 11.1. The number of aliphatic hydroxyl groups is 2. The van der Waals surface area contributed by atoms with Crippen molar-refractivity contribution in [1.29, 1.82) is 0 Å². The minimum Gasteiger partial charge on any atom is -0.469 e. The van der Waals surface area contributed by atoms with Crippen molar-refractivity contribution in [2.24, 2.45) is 0 Å². The molecule has 0 saturated heterocycles. The summed E-state index contributed by atoms with van der Waals surface area (Å²) in [6, 6.07) is 16.3. The molecule has 0 spiro atoms. The first kappa shape index (κ1) is 24.4. The van der Waals surface area contributed by atoms with Crippen molar-refractivity contribution in [2.45, 2.75) is 44.8 Å². The zero-order valence-corrected chi connectivity index (χ0v) is 19.1. The van der Waals surface area contributed by atoms with E-state index in [1.54, 1.807) is 18.2 Å². The molecule has 0 saturated carbocycles. The highest BCUT2D eigenvalue weighted by Crippen LogP contribution is 2.35. The van der Waals surface area contributed by atoms with Crippen molar-refractivity contribution < 1.29 is 24.1 Å². The number of carbonyl (C=O) groups excluding carboxylic acids is 1. The van der Waals surface area contributed by atoms with E-state index in [0.717, 1.165) is 28.1 Å². The van der Waals surface area contributed by atoms with Gasteiger partial charge in [0.05, 0.1) is 25.7 Å².